The molecular formula is C14H14N4O2. The first-order valence-electron chi connectivity index (χ1n) is 6.37. The van der Waals surface area contributed by atoms with Gasteiger partial charge in [-0.3, -0.25) is 4.79 Å². The van der Waals surface area contributed by atoms with E-state index in [2.05, 4.69) is 20.4 Å². The molecule has 1 aromatic carbocycles. The third-order valence-corrected chi connectivity index (χ3v) is 3.03. The molecule has 3 aromatic rings. The van der Waals surface area contributed by atoms with E-state index in [1.54, 1.807) is 13.0 Å². The molecule has 0 saturated heterocycles. The quantitative estimate of drug-likeness (QED) is 0.757. The van der Waals surface area contributed by atoms with Crippen molar-refractivity contribution in [2.75, 3.05) is 6.54 Å². The number of fused-ring (bicyclic) bond motifs is 1. The van der Waals surface area contributed by atoms with Crippen LogP contribution in [0.3, 0.4) is 0 Å². The zero-order valence-corrected chi connectivity index (χ0v) is 11.0. The highest BCUT2D eigenvalue weighted by Gasteiger charge is 2.10. The van der Waals surface area contributed by atoms with Crippen LogP contribution in [0.15, 0.2) is 35.0 Å². The fourth-order valence-electron chi connectivity index (χ4n) is 2.09. The number of aromatic nitrogens is 3. The van der Waals surface area contributed by atoms with Crippen LogP contribution in [-0.4, -0.2) is 27.6 Å². The van der Waals surface area contributed by atoms with E-state index in [-0.39, 0.29) is 5.91 Å². The maximum absolute atomic E-state index is 12.2. The number of H-pyrrole nitrogens is 1. The van der Waals surface area contributed by atoms with Crippen molar-refractivity contribution < 1.29 is 9.32 Å². The van der Waals surface area contributed by atoms with E-state index in [0.717, 1.165) is 10.9 Å². The molecule has 2 N–H and O–H groups in total. The topological polar surface area (TPSA) is 83.8 Å². The summed E-state index contributed by atoms with van der Waals surface area (Å²) in [5.74, 6) is 1.01. The Morgan fingerprint density at radius 1 is 1.40 bits per heavy atom. The number of nitrogens with zero attached hydrogens (tertiary/aromatic N) is 2. The van der Waals surface area contributed by atoms with E-state index in [4.69, 9.17) is 4.52 Å². The minimum atomic E-state index is -0.116. The molecule has 0 saturated carbocycles. The van der Waals surface area contributed by atoms with Gasteiger partial charge in [0.25, 0.3) is 5.91 Å². The molecule has 0 aliphatic carbocycles. The molecule has 0 atom stereocenters. The molecule has 1 amide bonds. The van der Waals surface area contributed by atoms with Crippen molar-refractivity contribution in [1.29, 1.82) is 0 Å². The maximum atomic E-state index is 12.2. The molecule has 0 unspecified atom stereocenters. The molecule has 102 valence electrons. The number of benzene rings is 1. The summed E-state index contributed by atoms with van der Waals surface area (Å²) in [5, 5.41) is 7.57. The lowest BCUT2D eigenvalue weighted by molar-refractivity contribution is 0.0955. The number of nitrogens with one attached hydrogen (secondary N) is 2. The molecule has 0 fully saturated rings. The predicted molar refractivity (Wildman–Crippen MR) is 73.4 cm³/mol. The zero-order valence-electron chi connectivity index (χ0n) is 11.0. The second-order valence-electron chi connectivity index (χ2n) is 4.49. The van der Waals surface area contributed by atoms with Crippen LogP contribution >= 0.6 is 0 Å². The number of para-hydroxylation sites is 1. The van der Waals surface area contributed by atoms with Gasteiger partial charge in [-0.25, -0.2) is 0 Å². The number of rotatable bonds is 4. The van der Waals surface area contributed by atoms with Gasteiger partial charge >= 0.3 is 0 Å². The number of carbonyl (C=O) groups excluding carboxylic acids is 1. The Morgan fingerprint density at radius 2 is 2.30 bits per heavy atom. The summed E-state index contributed by atoms with van der Waals surface area (Å²) < 4.78 is 4.99. The highest BCUT2D eigenvalue weighted by Crippen LogP contribution is 2.16. The highest BCUT2D eigenvalue weighted by atomic mass is 16.5. The van der Waals surface area contributed by atoms with Gasteiger partial charge in [-0.15, -0.1) is 0 Å². The Hall–Kier alpha value is -2.63. The van der Waals surface area contributed by atoms with Crippen LogP contribution in [-0.2, 0) is 6.42 Å². The largest absolute Gasteiger partial charge is 0.361 e. The van der Waals surface area contributed by atoms with Crippen molar-refractivity contribution in [1.82, 2.24) is 20.4 Å². The van der Waals surface area contributed by atoms with E-state index in [0.29, 0.717) is 30.2 Å². The lowest BCUT2D eigenvalue weighted by atomic mass is 10.1. The van der Waals surface area contributed by atoms with Crippen LogP contribution in [0.4, 0.5) is 0 Å². The average Bonchev–Trinajstić information content (AvgIpc) is 3.06. The predicted octanol–water partition coefficient (Wildman–Crippen LogP) is 1.83. The minimum absolute atomic E-state index is 0.116. The van der Waals surface area contributed by atoms with Gasteiger partial charge in [-0.2, -0.15) is 4.98 Å². The number of hydrogen-bond donors (Lipinski definition) is 2. The molecule has 6 nitrogen and oxygen atoms in total. The molecule has 2 aromatic heterocycles. The number of amides is 1. The molecule has 2 heterocycles. The summed E-state index contributed by atoms with van der Waals surface area (Å²) in [5.41, 5.74) is 1.48. The molecule has 6 heteroatoms. The number of aromatic amines is 1. The Labute approximate surface area is 115 Å². The fourth-order valence-corrected chi connectivity index (χ4v) is 2.09. The maximum Gasteiger partial charge on any atom is 0.253 e. The Morgan fingerprint density at radius 3 is 3.10 bits per heavy atom. The summed E-state index contributed by atoms with van der Waals surface area (Å²) in [6, 6.07) is 7.56. The van der Waals surface area contributed by atoms with Crippen molar-refractivity contribution in [3.8, 4) is 0 Å². The molecule has 0 aliphatic rings. The number of aryl methyl sites for hydroxylation is 1. The molecule has 0 bridgehead atoms. The Balaban J connectivity index is 1.66. The first-order valence-corrected chi connectivity index (χ1v) is 6.37. The summed E-state index contributed by atoms with van der Waals surface area (Å²) >= 11 is 0. The van der Waals surface area contributed by atoms with Crippen molar-refractivity contribution in [3.05, 3.63) is 47.7 Å². The van der Waals surface area contributed by atoms with Crippen LogP contribution < -0.4 is 5.32 Å². The van der Waals surface area contributed by atoms with Gasteiger partial charge in [0, 0.05) is 24.5 Å². The Kier molecular flexibility index (Phi) is 3.20. The van der Waals surface area contributed by atoms with Gasteiger partial charge in [-0.05, 0) is 19.1 Å². The molecule has 20 heavy (non-hydrogen) atoms. The van der Waals surface area contributed by atoms with Crippen LogP contribution in [0.25, 0.3) is 10.9 Å². The van der Waals surface area contributed by atoms with Gasteiger partial charge < -0.3 is 14.8 Å². The zero-order chi connectivity index (χ0) is 13.9. The minimum Gasteiger partial charge on any atom is -0.361 e. The van der Waals surface area contributed by atoms with E-state index in [1.165, 1.54) is 0 Å². The van der Waals surface area contributed by atoms with Crippen LogP contribution in [0.5, 0.6) is 0 Å². The normalized spacial score (nSPS) is 10.8. The second kappa shape index (κ2) is 5.16. The van der Waals surface area contributed by atoms with Gasteiger partial charge in [0.05, 0.1) is 11.1 Å². The standard InChI is InChI=1S/C14H14N4O2/c1-9-17-12(20-18-9)6-8-16-14(19)11-4-2-3-10-5-7-15-13(10)11/h2-5,7,15H,6,8H2,1H3,(H,16,19). The third-order valence-electron chi connectivity index (χ3n) is 3.03. The molecular weight excluding hydrogens is 256 g/mol. The lowest BCUT2D eigenvalue weighted by Crippen LogP contribution is -2.26. The SMILES string of the molecule is Cc1noc(CCNC(=O)c2cccc3cc[nH]c23)n1. The van der Waals surface area contributed by atoms with Gasteiger partial charge in [0.1, 0.15) is 0 Å². The van der Waals surface area contributed by atoms with Crippen LogP contribution in [0.2, 0.25) is 0 Å². The number of carbonyl (C=O) groups is 1. The number of hydrogen-bond acceptors (Lipinski definition) is 4. The first-order chi connectivity index (χ1) is 9.74. The molecule has 3 rings (SSSR count). The van der Waals surface area contributed by atoms with Crippen LogP contribution in [0, 0.1) is 6.92 Å². The van der Waals surface area contributed by atoms with Gasteiger partial charge in [0.2, 0.25) is 5.89 Å². The highest BCUT2D eigenvalue weighted by molar-refractivity contribution is 6.05. The summed E-state index contributed by atoms with van der Waals surface area (Å²) in [6.07, 6.45) is 2.34. The molecule has 0 aliphatic heterocycles. The van der Waals surface area contributed by atoms with Crippen LogP contribution in [0.1, 0.15) is 22.1 Å². The monoisotopic (exact) mass is 270 g/mol. The van der Waals surface area contributed by atoms with Crippen molar-refractivity contribution >= 4 is 16.8 Å². The fraction of sp³-hybridized carbons (Fsp3) is 0.214. The van der Waals surface area contributed by atoms with Crippen molar-refractivity contribution in [3.63, 3.8) is 0 Å². The second-order valence-corrected chi connectivity index (χ2v) is 4.49. The van der Waals surface area contributed by atoms with Crippen molar-refractivity contribution in [2.24, 2.45) is 0 Å². The summed E-state index contributed by atoms with van der Waals surface area (Å²) in [6.45, 7) is 2.22. The third kappa shape index (κ3) is 2.40. The smallest absolute Gasteiger partial charge is 0.253 e. The molecule has 0 radical (unpaired) electrons. The van der Waals surface area contributed by atoms with Gasteiger partial charge in [0.15, 0.2) is 5.82 Å². The summed E-state index contributed by atoms with van der Waals surface area (Å²) in [7, 11) is 0. The first kappa shape index (κ1) is 12.4. The Bertz CT molecular complexity index is 744. The molecule has 0 spiro atoms. The van der Waals surface area contributed by atoms with E-state index in [1.807, 2.05) is 24.4 Å². The average molecular weight is 270 g/mol. The van der Waals surface area contributed by atoms with Gasteiger partial charge in [-0.1, -0.05) is 17.3 Å². The van der Waals surface area contributed by atoms with E-state index < -0.39 is 0 Å². The van der Waals surface area contributed by atoms with E-state index in [9.17, 15) is 4.79 Å². The van der Waals surface area contributed by atoms with E-state index >= 15 is 0 Å². The summed E-state index contributed by atoms with van der Waals surface area (Å²) in [4.78, 5) is 19.3. The lowest BCUT2D eigenvalue weighted by Gasteiger charge is -2.04. The van der Waals surface area contributed by atoms with Crippen molar-refractivity contribution in [2.45, 2.75) is 13.3 Å².